The van der Waals surface area contributed by atoms with E-state index < -0.39 is 0 Å². The highest BCUT2D eigenvalue weighted by Gasteiger charge is 2.24. The fraction of sp³-hybridized carbons (Fsp3) is 0.391. The van der Waals surface area contributed by atoms with Crippen molar-refractivity contribution < 1.29 is 9.59 Å². The molecule has 0 radical (unpaired) electrons. The SMILES string of the molecule is CCC1CCCCC1CNC(=O)c1ccc(C(=O)c2ccccc2)cc1. The zero-order valence-electron chi connectivity index (χ0n) is 15.4. The summed E-state index contributed by atoms with van der Waals surface area (Å²) >= 11 is 0. The molecule has 2 unspecified atom stereocenters. The molecule has 1 fully saturated rings. The van der Waals surface area contributed by atoms with Crippen molar-refractivity contribution >= 4 is 11.7 Å². The number of benzene rings is 2. The summed E-state index contributed by atoms with van der Waals surface area (Å²) in [5.41, 5.74) is 1.87. The lowest BCUT2D eigenvalue weighted by Gasteiger charge is -2.30. The smallest absolute Gasteiger partial charge is 0.251 e. The number of amides is 1. The fourth-order valence-electron chi connectivity index (χ4n) is 3.95. The normalized spacial score (nSPS) is 19.7. The molecule has 1 saturated carbocycles. The van der Waals surface area contributed by atoms with E-state index in [4.69, 9.17) is 0 Å². The Labute approximate surface area is 155 Å². The van der Waals surface area contributed by atoms with Crippen LogP contribution in [0.25, 0.3) is 0 Å². The number of hydrogen-bond donors (Lipinski definition) is 1. The van der Waals surface area contributed by atoms with E-state index in [1.807, 2.05) is 18.2 Å². The van der Waals surface area contributed by atoms with E-state index in [-0.39, 0.29) is 11.7 Å². The Kier molecular flexibility index (Phi) is 6.21. The largest absolute Gasteiger partial charge is 0.352 e. The molecule has 1 amide bonds. The number of carbonyl (C=O) groups is 2. The highest BCUT2D eigenvalue weighted by molar-refractivity contribution is 6.09. The molecule has 1 N–H and O–H groups in total. The van der Waals surface area contributed by atoms with Gasteiger partial charge in [-0.05, 0) is 30.4 Å². The minimum atomic E-state index is -0.0517. The van der Waals surface area contributed by atoms with E-state index in [1.54, 1.807) is 36.4 Å². The van der Waals surface area contributed by atoms with Crippen LogP contribution < -0.4 is 5.32 Å². The molecule has 3 nitrogen and oxygen atoms in total. The van der Waals surface area contributed by atoms with Crippen LogP contribution in [0.1, 0.15) is 65.3 Å². The Morgan fingerprint density at radius 2 is 1.42 bits per heavy atom. The molecule has 3 heteroatoms. The van der Waals surface area contributed by atoms with Crippen molar-refractivity contribution in [3.05, 3.63) is 71.3 Å². The third kappa shape index (κ3) is 4.40. The van der Waals surface area contributed by atoms with Gasteiger partial charge in [0.1, 0.15) is 0 Å². The van der Waals surface area contributed by atoms with E-state index >= 15 is 0 Å². The maximum atomic E-state index is 12.4. The first-order valence-corrected chi connectivity index (χ1v) is 9.67. The molecule has 26 heavy (non-hydrogen) atoms. The van der Waals surface area contributed by atoms with E-state index in [1.165, 1.54) is 32.1 Å². The van der Waals surface area contributed by atoms with Gasteiger partial charge in [-0.15, -0.1) is 0 Å². The maximum absolute atomic E-state index is 12.4. The number of nitrogens with one attached hydrogen (secondary N) is 1. The molecule has 2 aromatic rings. The molecular formula is C23H27NO2. The second kappa shape index (κ2) is 8.79. The van der Waals surface area contributed by atoms with Crippen LogP contribution in [-0.2, 0) is 0 Å². The van der Waals surface area contributed by atoms with E-state index in [9.17, 15) is 9.59 Å². The van der Waals surface area contributed by atoms with Gasteiger partial charge in [0.2, 0.25) is 0 Å². The van der Waals surface area contributed by atoms with Crippen LogP contribution >= 0.6 is 0 Å². The molecule has 0 bridgehead atoms. The predicted molar refractivity (Wildman–Crippen MR) is 104 cm³/mol. The zero-order valence-corrected chi connectivity index (χ0v) is 15.4. The van der Waals surface area contributed by atoms with Gasteiger partial charge >= 0.3 is 0 Å². The summed E-state index contributed by atoms with van der Waals surface area (Å²) in [6.07, 6.45) is 6.28. The van der Waals surface area contributed by atoms with Crippen LogP contribution in [0.15, 0.2) is 54.6 Å². The van der Waals surface area contributed by atoms with Crippen molar-refractivity contribution in [2.45, 2.75) is 39.0 Å². The molecule has 1 aliphatic rings. The van der Waals surface area contributed by atoms with E-state index in [0.717, 1.165) is 12.5 Å². The van der Waals surface area contributed by atoms with Gasteiger partial charge in [0.05, 0.1) is 0 Å². The Morgan fingerprint density at radius 3 is 2.08 bits per heavy atom. The summed E-state index contributed by atoms with van der Waals surface area (Å²) in [6.45, 7) is 3.00. The lowest BCUT2D eigenvalue weighted by Crippen LogP contribution is -2.34. The Hall–Kier alpha value is -2.42. The lowest BCUT2D eigenvalue weighted by molar-refractivity contribution is 0.0932. The standard InChI is InChI=1S/C23H27NO2/c1-2-17-8-6-7-11-21(17)16-24-23(26)20-14-12-19(13-15-20)22(25)18-9-4-3-5-10-18/h3-5,9-10,12-15,17,21H,2,6-8,11,16H2,1H3,(H,24,26). The van der Waals surface area contributed by atoms with Gasteiger partial charge in [0, 0.05) is 23.2 Å². The minimum absolute atomic E-state index is 0.0226. The molecule has 0 aliphatic heterocycles. The second-order valence-electron chi connectivity index (χ2n) is 7.20. The van der Waals surface area contributed by atoms with Crippen molar-refractivity contribution in [3.8, 4) is 0 Å². The Morgan fingerprint density at radius 1 is 0.846 bits per heavy atom. The summed E-state index contributed by atoms with van der Waals surface area (Å²) in [4.78, 5) is 24.9. The van der Waals surface area contributed by atoms with Crippen LogP contribution in [0, 0.1) is 11.8 Å². The minimum Gasteiger partial charge on any atom is -0.352 e. The topological polar surface area (TPSA) is 46.2 Å². The summed E-state index contributed by atoms with van der Waals surface area (Å²) < 4.78 is 0. The van der Waals surface area contributed by atoms with Gasteiger partial charge in [-0.1, -0.05) is 75.1 Å². The summed E-state index contributed by atoms with van der Waals surface area (Å²) in [5, 5.41) is 3.09. The second-order valence-corrected chi connectivity index (χ2v) is 7.20. The molecule has 0 saturated heterocycles. The average Bonchev–Trinajstić information content (AvgIpc) is 2.72. The molecule has 1 aliphatic carbocycles. The molecule has 0 heterocycles. The molecule has 0 aromatic heterocycles. The first kappa shape index (κ1) is 18.4. The molecular weight excluding hydrogens is 322 g/mol. The van der Waals surface area contributed by atoms with Gasteiger partial charge in [-0.25, -0.2) is 0 Å². The first-order chi connectivity index (χ1) is 12.7. The Balaban J connectivity index is 1.59. The van der Waals surface area contributed by atoms with Crippen LogP contribution in [0.5, 0.6) is 0 Å². The number of ketones is 1. The van der Waals surface area contributed by atoms with Crippen molar-refractivity contribution in [3.63, 3.8) is 0 Å². The van der Waals surface area contributed by atoms with Crippen LogP contribution in [0.3, 0.4) is 0 Å². The molecule has 3 rings (SSSR count). The van der Waals surface area contributed by atoms with Gasteiger partial charge in [0.25, 0.3) is 5.91 Å². The fourth-order valence-corrected chi connectivity index (χ4v) is 3.95. The molecule has 2 atom stereocenters. The highest BCUT2D eigenvalue weighted by atomic mass is 16.1. The van der Waals surface area contributed by atoms with Gasteiger partial charge in [-0.3, -0.25) is 9.59 Å². The Bertz CT molecular complexity index is 737. The number of carbonyl (C=O) groups excluding carboxylic acids is 2. The quantitative estimate of drug-likeness (QED) is 0.757. The summed E-state index contributed by atoms with van der Waals surface area (Å²) in [5.74, 6) is 1.25. The van der Waals surface area contributed by atoms with Crippen molar-refractivity contribution in [1.82, 2.24) is 5.32 Å². The number of hydrogen-bond acceptors (Lipinski definition) is 2. The predicted octanol–water partition coefficient (Wildman–Crippen LogP) is 4.86. The van der Waals surface area contributed by atoms with Crippen molar-refractivity contribution in [2.75, 3.05) is 6.54 Å². The van der Waals surface area contributed by atoms with Gasteiger partial charge in [-0.2, -0.15) is 0 Å². The molecule has 136 valence electrons. The summed E-state index contributed by atoms with van der Waals surface area (Å²) in [7, 11) is 0. The van der Waals surface area contributed by atoms with Crippen molar-refractivity contribution in [2.24, 2.45) is 11.8 Å². The maximum Gasteiger partial charge on any atom is 0.251 e. The zero-order chi connectivity index (χ0) is 18.4. The monoisotopic (exact) mass is 349 g/mol. The van der Waals surface area contributed by atoms with Crippen molar-refractivity contribution in [1.29, 1.82) is 0 Å². The van der Waals surface area contributed by atoms with Crippen LogP contribution in [0.2, 0.25) is 0 Å². The third-order valence-corrected chi connectivity index (χ3v) is 5.56. The van der Waals surface area contributed by atoms with Gasteiger partial charge in [0.15, 0.2) is 5.78 Å². The lowest BCUT2D eigenvalue weighted by atomic mass is 9.78. The van der Waals surface area contributed by atoms with E-state index in [2.05, 4.69) is 12.2 Å². The highest BCUT2D eigenvalue weighted by Crippen LogP contribution is 2.31. The molecule has 2 aromatic carbocycles. The summed E-state index contributed by atoms with van der Waals surface area (Å²) in [6, 6.07) is 16.1. The van der Waals surface area contributed by atoms with E-state index in [0.29, 0.717) is 22.6 Å². The molecule has 0 spiro atoms. The number of rotatable bonds is 6. The van der Waals surface area contributed by atoms with Gasteiger partial charge < -0.3 is 5.32 Å². The average molecular weight is 349 g/mol. The van der Waals surface area contributed by atoms with Crippen LogP contribution in [-0.4, -0.2) is 18.2 Å². The first-order valence-electron chi connectivity index (χ1n) is 9.67. The third-order valence-electron chi connectivity index (χ3n) is 5.56. The van der Waals surface area contributed by atoms with Crippen LogP contribution in [0.4, 0.5) is 0 Å².